The molecule has 1 aliphatic heterocycles. The van der Waals surface area contributed by atoms with Gasteiger partial charge in [0.1, 0.15) is 0 Å². The lowest BCUT2D eigenvalue weighted by atomic mass is 9.76. The third-order valence-corrected chi connectivity index (χ3v) is 6.66. The van der Waals surface area contributed by atoms with Crippen molar-refractivity contribution in [2.24, 2.45) is 17.8 Å². The maximum absolute atomic E-state index is 10.4. The molecule has 0 aromatic rings. The van der Waals surface area contributed by atoms with Gasteiger partial charge in [-0.3, -0.25) is 4.90 Å². The van der Waals surface area contributed by atoms with Crippen LogP contribution in [0, 0.1) is 17.8 Å². The van der Waals surface area contributed by atoms with Crippen LogP contribution in [0.15, 0.2) is 0 Å². The lowest BCUT2D eigenvalue weighted by Gasteiger charge is -2.44. The highest BCUT2D eigenvalue weighted by Crippen LogP contribution is 2.40. The number of nitrogens with zero attached hydrogens (tertiary/aromatic N) is 1. The smallest absolute Gasteiger partial charge is 0.0583 e. The van der Waals surface area contributed by atoms with Crippen LogP contribution in [0.5, 0.6) is 0 Å². The summed E-state index contributed by atoms with van der Waals surface area (Å²) in [5.41, 5.74) is 0. The Morgan fingerprint density at radius 1 is 0.850 bits per heavy atom. The van der Waals surface area contributed by atoms with Gasteiger partial charge < -0.3 is 5.11 Å². The molecule has 2 saturated carbocycles. The number of hydrogen-bond acceptors (Lipinski definition) is 2. The zero-order valence-corrected chi connectivity index (χ0v) is 13.4. The summed E-state index contributed by atoms with van der Waals surface area (Å²) < 4.78 is 0. The van der Waals surface area contributed by atoms with E-state index in [1.165, 1.54) is 57.9 Å². The normalized spacial score (nSPS) is 47.5. The molecule has 0 aromatic heterocycles. The van der Waals surface area contributed by atoms with Crippen molar-refractivity contribution in [3.63, 3.8) is 0 Å². The first-order valence-corrected chi connectivity index (χ1v) is 9.10. The van der Waals surface area contributed by atoms with Gasteiger partial charge in [0.2, 0.25) is 0 Å². The molecule has 0 aromatic carbocycles. The molecule has 20 heavy (non-hydrogen) atoms. The van der Waals surface area contributed by atoms with Crippen molar-refractivity contribution in [1.29, 1.82) is 0 Å². The molecule has 0 radical (unpaired) electrons. The Morgan fingerprint density at radius 2 is 1.65 bits per heavy atom. The summed E-state index contributed by atoms with van der Waals surface area (Å²) in [6, 6.07) is 1.50. The van der Waals surface area contributed by atoms with Crippen molar-refractivity contribution < 1.29 is 5.11 Å². The lowest BCUT2D eigenvalue weighted by Crippen LogP contribution is -2.48. The maximum atomic E-state index is 10.4. The summed E-state index contributed by atoms with van der Waals surface area (Å²) in [5, 5.41) is 10.4. The highest BCUT2D eigenvalue weighted by atomic mass is 16.3. The Labute approximate surface area is 124 Å². The molecule has 1 heterocycles. The number of aliphatic hydroxyl groups excluding tert-OH is 1. The molecule has 0 spiro atoms. The maximum Gasteiger partial charge on any atom is 0.0583 e. The molecule has 6 atom stereocenters. The Hall–Kier alpha value is -0.0800. The van der Waals surface area contributed by atoms with Gasteiger partial charge in [-0.25, -0.2) is 0 Å². The molecule has 116 valence electrons. The van der Waals surface area contributed by atoms with Gasteiger partial charge in [-0.2, -0.15) is 0 Å². The first-order valence-electron chi connectivity index (χ1n) is 9.10. The summed E-state index contributed by atoms with van der Waals surface area (Å²) in [6.07, 6.45) is 11.7. The molecule has 2 aliphatic carbocycles. The molecule has 3 rings (SSSR count). The minimum atomic E-state index is -0.0192. The summed E-state index contributed by atoms with van der Waals surface area (Å²) in [7, 11) is 0. The monoisotopic (exact) mass is 279 g/mol. The predicted molar refractivity (Wildman–Crippen MR) is 83.7 cm³/mol. The molecule has 1 N–H and O–H groups in total. The number of hydrogen-bond donors (Lipinski definition) is 1. The van der Waals surface area contributed by atoms with E-state index in [1.807, 2.05) is 0 Å². The van der Waals surface area contributed by atoms with Crippen LogP contribution < -0.4 is 0 Å². The molecular formula is C18H33NO. The van der Waals surface area contributed by atoms with Gasteiger partial charge in [0.05, 0.1) is 6.10 Å². The van der Waals surface area contributed by atoms with E-state index < -0.39 is 0 Å². The SMILES string of the molecule is CC1CCC(N2CCCC2C2CCCCC2O)CC1C. The molecule has 3 fully saturated rings. The second-order valence-corrected chi connectivity index (χ2v) is 7.88. The van der Waals surface area contributed by atoms with E-state index in [9.17, 15) is 5.11 Å². The summed E-state index contributed by atoms with van der Waals surface area (Å²) in [4.78, 5) is 2.82. The first-order chi connectivity index (χ1) is 9.66. The zero-order chi connectivity index (χ0) is 14.1. The Kier molecular flexibility index (Phi) is 4.72. The van der Waals surface area contributed by atoms with E-state index in [-0.39, 0.29) is 6.10 Å². The first kappa shape index (κ1) is 14.8. The zero-order valence-electron chi connectivity index (χ0n) is 13.4. The fourth-order valence-corrected chi connectivity index (χ4v) is 5.14. The Morgan fingerprint density at radius 3 is 2.40 bits per heavy atom. The van der Waals surface area contributed by atoms with Crippen LogP contribution >= 0.6 is 0 Å². The van der Waals surface area contributed by atoms with Gasteiger partial charge in [-0.15, -0.1) is 0 Å². The fraction of sp³-hybridized carbons (Fsp3) is 1.00. The lowest BCUT2D eigenvalue weighted by molar-refractivity contribution is -0.00157. The van der Waals surface area contributed by atoms with Crippen LogP contribution in [0.4, 0.5) is 0 Å². The standard InChI is InChI=1S/C18H33NO/c1-13-9-10-15(12-14(13)2)19-11-5-7-17(19)16-6-3-4-8-18(16)20/h13-18,20H,3-12H2,1-2H3. The average molecular weight is 279 g/mol. The molecule has 2 nitrogen and oxygen atoms in total. The average Bonchev–Trinajstić information content (AvgIpc) is 2.91. The van der Waals surface area contributed by atoms with Crippen LogP contribution in [0.3, 0.4) is 0 Å². The minimum Gasteiger partial charge on any atom is -0.393 e. The van der Waals surface area contributed by atoms with Gasteiger partial charge in [-0.1, -0.05) is 26.7 Å². The van der Waals surface area contributed by atoms with Gasteiger partial charge in [0, 0.05) is 18.0 Å². The van der Waals surface area contributed by atoms with E-state index in [1.54, 1.807) is 0 Å². The van der Waals surface area contributed by atoms with Crippen molar-refractivity contribution in [3.8, 4) is 0 Å². The Bertz CT molecular complexity index is 319. The van der Waals surface area contributed by atoms with Crippen molar-refractivity contribution in [2.45, 2.75) is 89.8 Å². The highest BCUT2D eigenvalue weighted by molar-refractivity contribution is 4.94. The van der Waals surface area contributed by atoms with E-state index in [4.69, 9.17) is 0 Å². The number of aliphatic hydroxyl groups is 1. The molecule has 3 aliphatic rings. The van der Waals surface area contributed by atoms with Crippen molar-refractivity contribution in [2.75, 3.05) is 6.54 Å². The van der Waals surface area contributed by atoms with E-state index in [0.29, 0.717) is 12.0 Å². The molecule has 6 unspecified atom stereocenters. The third-order valence-electron chi connectivity index (χ3n) is 6.66. The largest absolute Gasteiger partial charge is 0.393 e. The second-order valence-electron chi connectivity index (χ2n) is 7.88. The van der Waals surface area contributed by atoms with Crippen LogP contribution in [-0.2, 0) is 0 Å². The van der Waals surface area contributed by atoms with Crippen LogP contribution in [0.1, 0.15) is 71.6 Å². The third kappa shape index (κ3) is 2.92. The van der Waals surface area contributed by atoms with Crippen molar-refractivity contribution in [3.05, 3.63) is 0 Å². The Balaban J connectivity index is 1.66. The van der Waals surface area contributed by atoms with Crippen molar-refractivity contribution >= 4 is 0 Å². The molecule has 1 saturated heterocycles. The van der Waals surface area contributed by atoms with E-state index in [0.717, 1.165) is 24.3 Å². The van der Waals surface area contributed by atoms with Crippen LogP contribution in [0.2, 0.25) is 0 Å². The van der Waals surface area contributed by atoms with Gasteiger partial charge >= 0.3 is 0 Å². The summed E-state index contributed by atoms with van der Waals surface area (Å²) in [6.45, 7) is 6.16. The minimum absolute atomic E-state index is 0.0192. The van der Waals surface area contributed by atoms with Crippen LogP contribution in [-0.4, -0.2) is 34.7 Å². The summed E-state index contributed by atoms with van der Waals surface area (Å²) >= 11 is 0. The van der Waals surface area contributed by atoms with Gasteiger partial charge in [0.25, 0.3) is 0 Å². The quantitative estimate of drug-likeness (QED) is 0.830. The topological polar surface area (TPSA) is 23.5 Å². The van der Waals surface area contributed by atoms with E-state index >= 15 is 0 Å². The molecule has 0 bridgehead atoms. The van der Waals surface area contributed by atoms with E-state index in [2.05, 4.69) is 18.7 Å². The van der Waals surface area contributed by atoms with Gasteiger partial charge in [-0.05, 0) is 63.3 Å². The number of rotatable bonds is 2. The van der Waals surface area contributed by atoms with Gasteiger partial charge in [0.15, 0.2) is 0 Å². The molecule has 0 amide bonds. The van der Waals surface area contributed by atoms with Crippen LogP contribution in [0.25, 0.3) is 0 Å². The summed E-state index contributed by atoms with van der Waals surface area (Å²) in [5.74, 6) is 2.36. The fourth-order valence-electron chi connectivity index (χ4n) is 5.14. The molecule has 2 heteroatoms. The number of likely N-dealkylation sites (tertiary alicyclic amines) is 1. The molecular weight excluding hydrogens is 246 g/mol. The highest BCUT2D eigenvalue weighted by Gasteiger charge is 2.41. The predicted octanol–water partition coefficient (Wildman–Crippen LogP) is 3.83. The van der Waals surface area contributed by atoms with Crippen molar-refractivity contribution in [1.82, 2.24) is 4.90 Å². The second kappa shape index (κ2) is 6.36.